The molecule has 0 aliphatic rings. The number of nitrogens with zero attached hydrogens (tertiary/aromatic N) is 1. The number of hydrogen-bond donors (Lipinski definition) is 3. The third-order valence-corrected chi connectivity index (χ3v) is 5.36. The van der Waals surface area contributed by atoms with E-state index in [1.807, 2.05) is 32.0 Å². The maximum absolute atomic E-state index is 13.7. The maximum atomic E-state index is 13.7. The highest BCUT2D eigenvalue weighted by molar-refractivity contribution is 5.93. The molecule has 2 atom stereocenters. The van der Waals surface area contributed by atoms with Gasteiger partial charge in [0.25, 0.3) is 5.91 Å². The molecule has 9 nitrogen and oxygen atoms in total. The molecule has 9 heteroatoms. The minimum Gasteiger partial charge on any atom is -0.444 e. The van der Waals surface area contributed by atoms with Crippen LogP contribution in [-0.2, 0) is 19.1 Å². The normalized spacial score (nSPS) is 12.6. The van der Waals surface area contributed by atoms with Gasteiger partial charge < -0.3 is 21.1 Å². The predicted octanol–water partition coefficient (Wildman–Crippen LogP) is 3.23. The van der Waals surface area contributed by atoms with Crippen LogP contribution < -0.4 is 16.4 Å². The minimum atomic E-state index is -1.23. The van der Waals surface area contributed by atoms with Crippen LogP contribution in [0.25, 0.3) is 0 Å². The van der Waals surface area contributed by atoms with Gasteiger partial charge in [-0.3, -0.25) is 19.3 Å². The van der Waals surface area contributed by atoms with Gasteiger partial charge in [0.05, 0.1) is 0 Å². The Bertz CT molecular complexity index is 977. The second kappa shape index (κ2) is 14.1. The quantitative estimate of drug-likeness (QED) is 0.230. The molecule has 1 aromatic carbocycles. The van der Waals surface area contributed by atoms with E-state index < -0.39 is 41.5 Å². The molecule has 0 saturated heterocycles. The molecule has 0 aliphatic carbocycles. The summed E-state index contributed by atoms with van der Waals surface area (Å²) in [6, 6.07) is 5.52. The molecule has 0 aromatic heterocycles. The van der Waals surface area contributed by atoms with Crippen molar-refractivity contribution in [3.63, 3.8) is 0 Å². The van der Waals surface area contributed by atoms with Crippen molar-refractivity contribution in [2.75, 3.05) is 6.54 Å². The van der Waals surface area contributed by atoms with Crippen LogP contribution in [0.2, 0.25) is 0 Å². The molecule has 4 N–H and O–H groups in total. The zero-order chi connectivity index (χ0) is 27.5. The van der Waals surface area contributed by atoms with Crippen molar-refractivity contribution >= 4 is 23.8 Å². The summed E-state index contributed by atoms with van der Waals surface area (Å²) in [6.45, 7) is 11.2. The van der Waals surface area contributed by atoms with Crippen LogP contribution in [0.1, 0.15) is 82.5 Å². The predicted molar refractivity (Wildman–Crippen MR) is 138 cm³/mol. The van der Waals surface area contributed by atoms with E-state index >= 15 is 0 Å². The minimum absolute atomic E-state index is 0.108. The molecule has 1 rings (SSSR count). The largest absolute Gasteiger partial charge is 0.444 e. The monoisotopic (exact) mass is 500 g/mol. The average Bonchev–Trinajstić information content (AvgIpc) is 2.77. The number of terminal acetylenes is 1. The first kappa shape index (κ1) is 30.5. The number of carbonyl (C=O) groups excluding carboxylic acids is 4. The number of hydrogen-bond acceptors (Lipinski definition) is 5. The number of benzene rings is 1. The van der Waals surface area contributed by atoms with Gasteiger partial charge in [0.15, 0.2) is 0 Å². The Morgan fingerprint density at radius 2 is 1.83 bits per heavy atom. The van der Waals surface area contributed by atoms with E-state index in [0.717, 1.165) is 35.3 Å². The van der Waals surface area contributed by atoms with Crippen LogP contribution in [-0.4, -0.2) is 46.9 Å². The zero-order valence-corrected chi connectivity index (χ0v) is 22.3. The van der Waals surface area contributed by atoms with Gasteiger partial charge in [-0.1, -0.05) is 50.0 Å². The summed E-state index contributed by atoms with van der Waals surface area (Å²) >= 11 is 0. The third kappa shape index (κ3) is 9.98. The van der Waals surface area contributed by atoms with Gasteiger partial charge in [-0.15, -0.1) is 0 Å². The van der Waals surface area contributed by atoms with Crippen molar-refractivity contribution in [2.24, 2.45) is 5.73 Å². The van der Waals surface area contributed by atoms with E-state index in [4.69, 9.17) is 16.9 Å². The van der Waals surface area contributed by atoms with Crippen LogP contribution in [0.15, 0.2) is 18.2 Å². The number of carbonyl (C=O) groups is 4. The van der Waals surface area contributed by atoms with Crippen LogP contribution in [0.4, 0.5) is 4.79 Å². The van der Waals surface area contributed by atoms with Crippen LogP contribution in [0, 0.1) is 26.3 Å². The lowest BCUT2D eigenvalue weighted by Crippen LogP contribution is -2.52. The van der Waals surface area contributed by atoms with Gasteiger partial charge in [0, 0.05) is 19.0 Å². The van der Waals surface area contributed by atoms with Crippen molar-refractivity contribution < 1.29 is 23.9 Å². The van der Waals surface area contributed by atoms with Gasteiger partial charge in [-0.05, 0) is 58.6 Å². The summed E-state index contributed by atoms with van der Waals surface area (Å²) in [5.41, 5.74) is 6.71. The number of rotatable bonds is 12. The number of unbranched alkanes of at least 4 members (excludes halogenated alkanes) is 2. The van der Waals surface area contributed by atoms with Gasteiger partial charge >= 0.3 is 6.09 Å². The molecule has 0 aliphatic heterocycles. The molecule has 0 bridgehead atoms. The number of aryl methyl sites for hydroxylation is 2. The van der Waals surface area contributed by atoms with Crippen molar-refractivity contribution in [2.45, 2.75) is 91.3 Å². The highest BCUT2D eigenvalue weighted by atomic mass is 16.6. The fraction of sp³-hybridized carbons (Fsp3) is 0.556. The summed E-state index contributed by atoms with van der Waals surface area (Å²) in [4.78, 5) is 51.9. The Morgan fingerprint density at radius 1 is 1.17 bits per heavy atom. The fourth-order valence-electron chi connectivity index (χ4n) is 3.56. The first-order valence-electron chi connectivity index (χ1n) is 12.2. The maximum Gasteiger partial charge on any atom is 0.408 e. The van der Waals surface area contributed by atoms with E-state index in [9.17, 15) is 19.2 Å². The van der Waals surface area contributed by atoms with E-state index in [-0.39, 0.29) is 12.8 Å². The topological polar surface area (TPSA) is 131 Å². The molecule has 36 heavy (non-hydrogen) atoms. The second-order valence-electron chi connectivity index (χ2n) is 9.80. The molecule has 0 saturated carbocycles. The highest BCUT2D eigenvalue weighted by Crippen LogP contribution is 2.26. The Kier molecular flexibility index (Phi) is 12.0. The smallest absolute Gasteiger partial charge is 0.408 e. The lowest BCUT2D eigenvalue weighted by atomic mass is 9.96. The zero-order valence-electron chi connectivity index (χ0n) is 22.3. The number of alkyl carbamates (subject to hydrolysis) is 1. The molecule has 2 unspecified atom stereocenters. The van der Waals surface area contributed by atoms with Crippen LogP contribution >= 0.6 is 0 Å². The van der Waals surface area contributed by atoms with Gasteiger partial charge in [0.2, 0.25) is 11.8 Å². The molecular weight excluding hydrogens is 460 g/mol. The molecule has 0 heterocycles. The molecule has 4 amide bonds. The summed E-state index contributed by atoms with van der Waals surface area (Å²) in [5, 5.41) is 5.37. The summed E-state index contributed by atoms with van der Waals surface area (Å²) in [7, 11) is 0. The highest BCUT2D eigenvalue weighted by Gasteiger charge is 2.36. The first-order chi connectivity index (χ1) is 16.8. The standard InChI is InChI=1S/C27H40N4O5/c1-8-10-11-16-29-24(33)23(20-17-18(3)12-13-19(20)4)31(9-2)25(34)21(14-15-22(28)32)30-26(35)36-27(5,6)7/h2,12-13,17,21,23H,8,10-11,14-16H2,1,3-7H3,(H2,28,32)(H,29,33)(H,30,35). The van der Waals surface area contributed by atoms with E-state index in [2.05, 4.69) is 23.6 Å². The Morgan fingerprint density at radius 3 is 2.39 bits per heavy atom. The third-order valence-electron chi connectivity index (χ3n) is 5.36. The number of primary amides is 1. The van der Waals surface area contributed by atoms with Gasteiger partial charge in [0.1, 0.15) is 17.7 Å². The fourth-order valence-corrected chi connectivity index (χ4v) is 3.56. The lowest BCUT2D eigenvalue weighted by Gasteiger charge is -2.31. The van der Waals surface area contributed by atoms with Gasteiger partial charge in [-0.2, -0.15) is 0 Å². The molecule has 0 spiro atoms. The second-order valence-corrected chi connectivity index (χ2v) is 9.80. The van der Waals surface area contributed by atoms with Crippen molar-refractivity contribution in [3.05, 3.63) is 34.9 Å². The number of nitrogens with one attached hydrogen (secondary N) is 2. The molecular formula is C27H40N4O5. The van der Waals surface area contributed by atoms with E-state index in [0.29, 0.717) is 12.1 Å². The molecule has 198 valence electrons. The summed E-state index contributed by atoms with van der Waals surface area (Å²) in [6.07, 6.45) is 7.36. The molecule has 1 aromatic rings. The lowest BCUT2D eigenvalue weighted by molar-refractivity contribution is -0.138. The molecule has 0 radical (unpaired) electrons. The SMILES string of the molecule is C#CN(C(=O)C(CCC(N)=O)NC(=O)OC(C)(C)C)C(C(=O)NCCCCC)c1cc(C)ccc1C. The molecule has 0 fully saturated rings. The van der Waals surface area contributed by atoms with Crippen molar-refractivity contribution in [3.8, 4) is 12.5 Å². The Balaban J connectivity index is 3.39. The summed E-state index contributed by atoms with van der Waals surface area (Å²) < 4.78 is 5.27. The van der Waals surface area contributed by atoms with Crippen molar-refractivity contribution in [1.82, 2.24) is 15.5 Å². The van der Waals surface area contributed by atoms with Crippen molar-refractivity contribution in [1.29, 1.82) is 0 Å². The Hall–Kier alpha value is -3.54. The van der Waals surface area contributed by atoms with Gasteiger partial charge in [-0.25, -0.2) is 4.79 Å². The van der Waals surface area contributed by atoms with E-state index in [1.54, 1.807) is 20.8 Å². The number of amides is 4. The summed E-state index contributed by atoms with van der Waals surface area (Å²) in [5.74, 6) is -1.80. The van der Waals surface area contributed by atoms with Crippen LogP contribution in [0.5, 0.6) is 0 Å². The first-order valence-corrected chi connectivity index (χ1v) is 12.2. The van der Waals surface area contributed by atoms with E-state index in [1.165, 1.54) is 0 Å². The Labute approximate surface area is 214 Å². The average molecular weight is 501 g/mol. The van der Waals surface area contributed by atoms with Crippen LogP contribution in [0.3, 0.4) is 0 Å². The number of ether oxygens (including phenoxy) is 1. The number of nitrogens with two attached hydrogens (primary N) is 1.